The van der Waals surface area contributed by atoms with Gasteiger partial charge in [0, 0.05) is 22.8 Å². The number of H-pyrrole nitrogens is 1. The molecular weight excluding hydrogens is 416 g/mol. The maximum atomic E-state index is 12.8. The summed E-state index contributed by atoms with van der Waals surface area (Å²) < 4.78 is 6.92. The van der Waals surface area contributed by atoms with Crippen LogP contribution in [0.3, 0.4) is 0 Å². The van der Waals surface area contributed by atoms with Crippen LogP contribution >= 0.6 is 11.3 Å². The summed E-state index contributed by atoms with van der Waals surface area (Å²) in [6, 6.07) is 11.4. The number of carbonyl (C=O) groups excluding carboxylic acids is 1. The summed E-state index contributed by atoms with van der Waals surface area (Å²) in [6.07, 6.45) is 0.790. The first-order valence-corrected chi connectivity index (χ1v) is 10.4. The van der Waals surface area contributed by atoms with Gasteiger partial charge in [0.15, 0.2) is 11.9 Å². The number of aromatic nitrogens is 6. The Labute approximate surface area is 179 Å². The molecule has 5 aromatic rings. The molecule has 0 bridgehead atoms. The van der Waals surface area contributed by atoms with Crippen molar-refractivity contribution in [3.8, 4) is 11.1 Å². The van der Waals surface area contributed by atoms with Gasteiger partial charge in [0.25, 0.3) is 17.2 Å². The average molecular weight is 432 g/mol. The number of aromatic amines is 1. The fourth-order valence-electron chi connectivity index (χ4n) is 3.25. The zero-order chi connectivity index (χ0) is 21.5. The van der Waals surface area contributed by atoms with Crippen molar-refractivity contribution in [2.24, 2.45) is 0 Å². The minimum atomic E-state index is -0.799. The smallest absolute Gasteiger partial charge is 0.379 e. The molecule has 0 saturated heterocycles. The number of esters is 1. The van der Waals surface area contributed by atoms with Gasteiger partial charge < -0.3 is 9.72 Å². The van der Waals surface area contributed by atoms with Crippen molar-refractivity contribution in [1.82, 2.24) is 29.5 Å². The van der Waals surface area contributed by atoms with Gasteiger partial charge in [-0.2, -0.15) is 4.98 Å². The lowest BCUT2D eigenvalue weighted by atomic mass is 10.1. The maximum absolute atomic E-state index is 12.8. The number of benzene rings is 1. The number of hydrogen-bond donors (Lipinski definition) is 1. The van der Waals surface area contributed by atoms with Crippen molar-refractivity contribution in [3.05, 3.63) is 75.7 Å². The largest absolute Gasteiger partial charge is 0.449 e. The van der Waals surface area contributed by atoms with Crippen molar-refractivity contribution in [2.75, 3.05) is 0 Å². The van der Waals surface area contributed by atoms with Crippen molar-refractivity contribution >= 4 is 33.3 Å². The molecule has 0 spiro atoms. The van der Waals surface area contributed by atoms with Gasteiger partial charge in [-0.15, -0.1) is 16.4 Å². The maximum Gasteiger partial charge on any atom is 0.379 e. The van der Waals surface area contributed by atoms with E-state index in [2.05, 4.69) is 25.0 Å². The number of hydrogen-bond acceptors (Lipinski definition) is 8. The molecule has 1 aromatic carbocycles. The Morgan fingerprint density at radius 3 is 2.77 bits per heavy atom. The molecule has 0 amide bonds. The molecule has 31 heavy (non-hydrogen) atoms. The van der Waals surface area contributed by atoms with Crippen LogP contribution in [0.5, 0.6) is 0 Å². The normalized spacial score (nSPS) is 12.3. The summed E-state index contributed by atoms with van der Waals surface area (Å²) in [4.78, 5) is 41.4. The van der Waals surface area contributed by atoms with Crippen LogP contribution in [0.15, 0.2) is 52.8 Å². The molecule has 10 heteroatoms. The summed E-state index contributed by atoms with van der Waals surface area (Å²) in [5, 5.41) is 6.56. The second-order valence-corrected chi connectivity index (χ2v) is 7.79. The van der Waals surface area contributed by atoms with Gasteiger partial charge >= 0.3 is 5.97 Å². The van der Waals surface area contributed by atoms with Crippen molar-refractivity contribution in [3.63, 3.8) is 0 Å². The number of aryl methyl sites for hydroxylation is 1. The van der Waals surface area contributed by atoms with Gasteiger partial charge in [0.05, 0.1) is 5.39 Å². The summed E-state index contributed by atoms with van der Waals surface area (Å²) in [5.74, 6) is -0.277. The quantitative estimate of drug-likeness (QED) is 0.433. The van der Waals surface area contributed by atoms with Crippen molar-refractivity contribution in [2.45, 2.75) is 20.0 Å². The van der Waals surface area contributed by atoms with Crippen molar-refractivity contribution in [1.29, 1.82) is 0 Å². The van der Waals surface area contributed by atoms with E-state index in [1.54, 1.807) is 19.2 Å². The fourth-order valence-corrected chi connectivity index (χ4v) is 4.21. The topological polar surface area (TPSA) is 115 Å². The first-order valence-electron chi connectivity index (χ1n) is 9.47. The number of fused-ring (bicyclic) bond motifs is 2. The molecular formula is C21H16N6O3S. The number of nitrogens with zero attached hydrogens (tertiary/aromatic N) is 5. The van der Waals surface area contributed by atoms with Crippen molar-refractivity contribution < 1.29 is 9.53 Å². The summed E-state index contributed by atoms with van der Waals surface area (Å²) >= 11 is 1.37. The van der Waals surface area contributed by atoms with Crippen LogP contribution < -0.4 is 5.56 Å². The Morgan fingerprint density at radius 2 is 2.00 bits per heavy atom. The lowest BCUT2D eigenvalue weighted by molar-refractivity contribution is 0.0306. The molecule has 9 nitrogen and oxygen atoms in total. The van der Waals surface area contributed by atoms with Crippen LogP contribution in [-0.2, 0) is 4.74 Å². The van der Waals surface area contributed by atoms with Gasteiger partial charge in [-0.25, -0.2) is 19.3 Å². The van der Waals surface area contributed by atoms with E-state index >= 15 is 0 Å². The van der Waals surface area contributed by atoms with Gasteiger partial charge in [0.1, 0.15) is 4.83 Å². The predicted octanol–water partition coefficient (Wildman–Crippen LogP) is 3.32. The molecule has 0 aliphatic heterocycles. The SMILES string of the molecule is Cc1ccnc2nc(C(=O)OC(C)c3nc4scc(-c5ccccc5)c4c(=O)[nH]3)nn12. The molecule has 4 aromatic heterocycles. The molecule has 0 aliphatic carbocycles. The van der Waals surface area contributed by atoms with E-state index in [1.165, 1.54) is 15.9 Å². The Morgan fingerprint density at radius 1 is 1.19 bits per heavy atom. The number of ether oxygens (including phenoxy) is 1. The molecule has 0 fully saturated rings. The van der Waals surface area contributed by atoms with Crippen LogP contribution in [0.2, 0.25) is 0 Å². The highest BCUT2D eigenvalue weighted by molar-refractivity contribution is 7.17. The summed E-state index contributed by atoms with van der Waals surface area (Å²) in [5.41, 5.74) is 2.26. The van der Waals surface area contributed by atoms with E-state index < -0.39 is 12.1 Å². The number of nitrogens with one attached hydrogen (secondary N) is 1. The Balaban J connectivity index is 1.44. The fraction of sp³-hybridized carbons (Fsp3) is 0.143. The van der Waals surface area contributed by atoms with Crippen LogP contribution in [0, 0.1) is 6.92 Å². The van der Waals surface area contributed by atoms with E-state index in [4.69, 9.17) is 4.74 Å². The van der Waals surface area contributed by atoms with Gasteiger partial charge in [-0.05, 0) is 25.5 Å². The third kappa shape index (κ3) is 3.36. The first kappa shape index (κ1) is 19.1. The lowest BCUT2D eigenvalue weighted by Crippen LogP contribution is -2.17. The minimum Gasteiger partial charge on any atom is -0.449 e. The van der Waals surface area contributed by atoms with Gasteiger partial charge in [-0.1, -0.05) is 30.3 Å². The van der Waals surface area contributed by atoms with E-state index in [9.17, 15) is 9.59 Å². The predicted molar refractivity (Wildman–Crippen MR) is 115 cm³/mol. The highest BCUT2D eigenvalue weighted by atomic mass is 32.1. The van der Waals surface area contributed by atoms with Crippen LogP contribution in [0.4, 0.5) is 0 Å². The molecule has 4 heterocycles. The third-order valence-corrected chi connectivity index (χ3v) is 5.70. The Kier molecular flexibility index (Phi) is 4.55. The highest BCUT2D eigenvalue weighted by Crippen LogP contribution is 2.31. The molecule has 1 unspecified atom stereocenters. The molecule has 0 aliphatic rings. The molecule has 1 atom stereocenters. The Bertz CT molecular complexity index is 1490. The first-order chi connectivity index (χ1) is 15.0. The van der Waals surface area contributed by atoms with Gasteiger partial charge in [0.2, 0.25) is 0 Å². The second kappa shape index (κ2) is 7.40. The standard InChI is InChI=1S/C21H16N6O3S/c1-11-8-9-22-21-25-17(26-27(11)21)20(29)30-12(2)16-23-18(28)15-14(10-31-19(15)24-16)13-6-4-3-5-7-13/h3-10,12H,1-2H3,(H,23,24,28). The summed E-state index contributed by atoms with van der Waals surface area (Å²) in [7, 11) is 0. The zero-order valence-corrected chi connectivity index (χ0v) is 17.4. The lowest BCUT2D eigenvalue weighted by Gasteiger charge is -2.11. The van der Waals surface area contributed by atoms with E-state index in [0.29, 0.717) is 16.0 Å². The van der Waals surface area contributed by atoms with Crippen LogP contribution in [-0.4, -0.2) is 35.5 Å². The van der Waals surface area contributed by atoms with Crippen LogP contribution in [0.25, 0.3) is 27.1 Å². The van der Waals surface area contributed by atoms with Crippen LogP contribution in [0.1, 0.15) is 35.2 Å². The van der Waals surface area contributed by atoms with Gasteiger partial charge in [-0.3, -0.25) is 4.79 Å². The van der Waals surface area contributed by atoms with E-state index in [0.717, 1.165) is 16.8 Å². The molecule has 0 saturated carbocycles. The van der Waals surface area contributed by atoms with E-state index in [1.807, 2.05) is 42.6 Å². The highest BCUT2D eigenvalue weighted by Gasteiger charge is 2.22. The molecule has 5 rings (SSSR count). The summed E-state index contributed by atoms with van der Waals surface area (Å²) in [6.45, 7) is 3.46. The molecule has 154 valence electrons. The molecule has 1 N–H and O–H groups in total. The molecule has 0 radical (unpaired) electrons. The zero-order valence-electron chi connectivity index (χ0n) is 16.6. The average Bonchev–Trinajstić information content (AvgIpc) is 3.40. The second-order valence-electron chi connectivity index (χ2n) is 6.93. The number of rotatable bonds is 4. The Hall–Kier alpha value is -3.92. The van der Waals surface area contributed by atoms with E-state index in [-0.39, 0.29) is 17.2 Å². The number of carbonyl (C=O) groups is 1. The third-order valence-electron chi connectivity index (χ3n) is 4.83. The number of thiophene rings is 1. The monoisotopic (exact) mass is 432 g/mol. The minimum absolute atomic E-state index is 0.112.